The number of benzene rings is 2. The first kappa shape index (κ1) is 25.0. The molecule has 0 aliphatic heterocycles. The fraction of sp³-hybridized carbons (Fsp3) is 0.321. The van der Waals surface area contributed by atoms with Gasteiger partial charge in [-0.3, -0.25) is 19.3 Å². The van der Waals surface area contributed by atoms with Crippen LogP contribution in [0, 0.1) is 6.92 Å². The maximum atomic E-state index is 13.7. The summed E-state index contributed by atoms with van der Waals surface area (Å²) < 4.78 is 10.4. The zero-order valence-corrected chi connectivity index (χ0v) is 20.5. The second kappa shape index (κ2) is 11.6. The van der Waals surface area contributed by atoms with Gasteiger partial charge in [0.25, 0.3) is 5.91 Å². The monoisotopic (exact) mass is 489 g/mol. The first-order valence-corrected chi connectivity index (χ1v) is 12.1. The Labute approximate surface area is 210 Å². The van der Waals surface area contributed by atoms with E-state index in [0.717, 1.165) is 31.2 Å². The number of carbonyl (C=O) groups excluding carboxylic acids is 3. The minimum Gasteiger partial charge on any atom is -0.497 e. The van der Waals surface area contributed by atoms with Crippen LogP contribution in [0.15, 0.2) is 71.3 Å². The van der Waals surface area contributed by atoms with E-state index in [2.05, 4.69) is 10.6 Å². The van der Waals surface area contributed by atoms with E-state index in [1.807, 2.05) is 25.1 Å². The van der Waals surface area contributed by atoms with Gasteiger partial charge in [-0.15, -0.1) is 0 Å². The lowest BCUT2D eigenvalue weighted by atomic mass is 10.0. The minimum atomic E-state index is -0.939. The minimum absolute atomic E-state index is 0.0753. The molecule has 4 rings (SSSR count). The van der Waals surface area contributed by atoms with Gasteiger partial charge in [0.15, 0.2) is 5.76 Å². The van der Waals surface area contributed by atoms with Gasteiger partial charge in [-0.25, -0.2) is 0 Å². The van der Waals surface area contributed by atoms with Crippen LogP contribution in [0.1, 0.15) is 53.4 Å². The van der Waals surface area contributed by atoms with E-state index >= 15 is 0 Å². The van der Waals surface area contributed by atoms with Gasteiger partial charge in [0.1, 0.15) is 11.8 Å². The van der Waals surface area contributed by atoms with E-state index < -0.39 is 17.9 Å². The van der Waals surface area contributed by atoms with Crippen LogP contribution >= 0.6 is 0 Å². The molecule has 1 aliphatic carbocycles. The van der Waals surface area contributed by atoms with Crippen LogP contribution in [-0.4, -0.2) is 37.4 Å². The summed E-state index contributed by atoms with van der Waals surface area (Å²) in [7, 11) is 1.57. The van der Waals surface area contributed by atoms with Crippen molar-refractivity contribution in [2.45, 2.75) is 44.7 Å². The Morgan fingerprint density at radius 1 is 1.06 bits per heavy atom. The second-order valence-corrected chi connectivity index (χ2v) is 8.93. The molecule has 8 nitrogen and oxygen atoms in total. The van der Waals surface area contributed by atoms with Gasteiger partial charge < -0.3 is 19.8 Å². The summed E-state index contributed by atoms with van der Waals surface area (Å²) in [5.41, 5.74) is 2.14. The first-order chi connectivity index (χ1) is 17.5. The predicted molar refractivity (Wildman–Crippen MR) is 136 cm³/mol. The van der Waals surface area contributed by atoms with Gasteiger partial charge in [0.05, 0.1) is 19.9 Å². The van der Waals surface area contributed by atoms with E-state index in [4.69, 9.17) is 9.15 Å². The van der Waals surface area contributed by atoms with Gasteiger partial charge in [-0.05, 0) is 67.3 Å². The Kier molecular flexibility index (Phi) is 8.05. The van der Waals surface area contributed by atoms with Crippen LogP contribution in [-0.2, 0) is 9.59 Å². The zero-order valence-electron chi connectivity index (χ0n) is 20.5. The molecule has 36 heavy (non-hydrogen) atoms. The number of nitrogens with one attached hydrogen (secondary N) is 2. The highest BCUT2D eigenvalue weighted by Gasteiger charge is 2.34. The summed E-state index contributed by atoms with van der Waals surface area (Å²) in [5, 5.41) is 5.76. The van der Waals surface area contributed by atoms with E-state index in [-0.39, 0.29) is 24.3 Å². The number of furan rings is 1. The molecule has 3 amide bonds. The molecule has 2 aromatic carbocycles. The van der Waals surface area contributed by atoms with Crippen molar-refractivity contribution in [3.8, 4) is 5.75 Å². The number of hydrogen-bond donors (Lipinski definition) is 2. The van der Waals surface area contributed by atoms with Crippen LogP contribution in [0.2, 0.25) is 0 Å². The van der Waals surface area contributed by atoms with Gasteiger partial charge in [0.2, 0.25) is 11.8 Å². The molecule has 1 aliphatic rings. The first-order valence-electron chi connectivity index (χ1n) is 12.1. The van der Waals surface area contributed by atoms with Crippen molar-refractivity contribution in [3.63, 3.8) is 0 Å². The lowest BCUT2D eigenvalue weighted by Crippen LogP contribution is -2.49. The van der Waals surface area contributed by atoms with Crippen molar-refractivity contribution in [2.24, 2.45) is 0 Å². The maximum absolute atomic E-state index is 13.7. The summed E-state index contributed by atoms with van der Waals surface area (Å²) >= 11 is 0. The Morgan fingerprint density at radius 2 is 1.81 bits per heavy atom. The lowest BCUT2D eigenvalue weighted by molar-refractivity contribution is -0.126. The molecular weight excluding hydrogens is 458 g/mol. The SMILES string of the molecule is COc1ccc(C(C(=O)NC2CCCC2)N(C(=O)CNC(=O)c2ccco2)c2cccc(C)c2)cc1. The fourth-order valence-corrected chi connectivity index (χ4v) is 4.50. The second-order valence-electron chi connectivity index (χ2n) is 8.93. The topological polar surface area (TPSA) is 101 Å². The van der Waals surface area contributed by atoms with E-state index in [0.29, 0.717) is 17.0 Å². The Bertz CT molecular complexity index is 1180. The van der Waals surface area contributed by atoms with Gasteiger partial charge in [0, 0.05) is 11.7 Å². The van der Waals surface area contributed by atoms with Crippen molar-refractivity contribution >= 4 is 23.4 Å². The number of anilines is 1. The summed E-state index contributed by atoms with van der Waals surface area (Å²) in [6, 6.07) is 16.8. The summed E-state index contributed by atoms with van der Waals surface area (Å²) in [6.07, 6.45) is 5.36. The molecule has 0 saturated heterocycles. The molecule has 1 aromatic heterocycles. The molecule has 3 aromatic rings. The van der Waals surface area contributed by atoms with Crippen LogP contribution in [0.25, 0.3) is 0 Å². The van der Waals surface area contributed by atoms with Gasteiger partial charge in [-0.2, -0.15) is 0 Å². The fourth-order valence-electron chi connectivity index (χ4n) is 4.50. The van der Waals surface area contributed by atoms with Crippen molar-refractivity contribution in [1.82, 2.24) is 10.6 Å². The Hall–Kier alpha value is -4.07. The summed E-state index contributed by atoms with van der Waals surface area (Å²) in [5.74, 6) is -0.445. The number of ether oxygens (including phenoxy) is 1. The van der Waals surface area contributed by atoms with Crippen molar-refractivity contribution in [2.75, 3.05) is 18.6 Å². The number of nitrogens with zero attached hydrogens (tertiary/aromatic N) is 1. The van der Waals surface area contributed by atoms with Crippen LogP contribution < -0.4 is 20.3 Å². The Balaban J connectivity index is 1.69. The molecule has 1 unspecified atom stereocenters. The molecule has 0 radical (unpaired) electrons. The number of hydrogen-bond acceptors (Lipinski definition) is 5. The number of methoxy groups -OCH3 is 1. The number of amides is 3. The van der Waals surface area contributed by atoms with Crippen LogP contribution in [0.5, 0.6) is 5.75 Å². The molecule has 1 atom stereocenters. The maximum Gasteiger partial charge on any atom is 0.287 e. The van der Waals surface area contributed by atoms with Crippen LogP contribution in [0.3, 0.4) is 0 Å². The molecule has 8 heteroatoms. The highest BCUT2D eigenvalue weighted by Crippen LogP contribution is 2.31. The molecule has 1 saturated carbocycles. The third-order valence-corrected chi connectivity index (χ3v) is 6.33. The van der Waals surface area contributed by atoms with Crippen molar-refractivity contribution in [3.05, 3.63) is 83.8 Å². The lowest BCUT2D eigenvalue weighted by Gasteiger charge is -2.32. The molecule has 0 spiro atoms. The molecule has 188 valence electrons. The van der Waals surface area contributed by atoms with E-state index in [9.17, 15) is 14.4 Å². The molecule has 0 bridgehead atoms. The third-order valence-electron chi connectivity index (χ3n) is 6.33. The molecular formula is C28H31N3O5. The molecule has 1 heterocycles. The highest BCUT2D eigenvalue weighted by atomic mass is 16.5. The van der Waals surface area contributed by atoms with Crippen LogP contribution in [0.4, 0.5) is 5.69 Å². The Morgan fingerprint density at radius 3 is 2.44 bits per heavy atom. The highest BCUT2D eigenvalue weighted by molar-refractivity contribution is 6.04. The van der Waals surface area contributed by atoms with E-state index in [1.54, 1.807) is 43.5 Å². The number of carbonyl (C=O) groups is 3. The molecule has 2 N–H and O–H groups in total. The van der Waals surface area contributed by atoms with Crippen molar-refractivity contribution in [1.29, 1.82) is 0 Å². The number of aryl methyl sites for hydroxylation is 1. The molecule has 1 fully saturated rings. The normalized spacial score (nSPS) is 14.2. The predicted octanol–water partition coefficient (Wildman–Crippen LogP) is 4.16. The summed E-state index contributed by atoms with van der Waals surface area (Å²) in [6.45, 7) is 1.61. The smallest absolute Gasteiger partial charge is 0.287 e. The average molecular weight is 490 g/mol. The quantitative estimate of drug-likeness (QED) is 0.470. The van der Waals surface area contributed by atoms with E-state index in [1.165, 1.54) is 17.2 Å². The zero-order chi connectivity index (χ0) is 25.5. The van der Waals surface area contributed by atoms with Crippen molar-refractivity contribution < 1.29 is 23.5 Å². The van der Waals surface area contributed by atoms with Gasteiger partial charge >= 0.3 is 0 Å². The van der Waals surface area contributed by atoms with Gasteiger partial charge in [-0.1, -0.05) is 37.1 Å². The standard InChI is InChI=1S/C28H31N3O5/c1-19-7-5-10-22(17-19)31(25(32)18-29-27(33)24-11-6-16-36-24)26(20-12-14-23(35-2)15-13-20)28(34)30-21-8-3-4-9-21/h5-7,10-17,21,26H,3-4,8-9,18H2,1-2H3,(H,29,33)(H,30,34). The summed E-state index contributed by atoms with van der Waals surface area (Å²) in [4.78, 5) is 41.3. The average Bonchev–Trinajstić information content (AvgIpc) is 3.60. The third kappa shape index (κ3) is 5.94. The largest absolute Gasteiger partial charge is 0.497 e. The number of rotatable bonds is 9.